The molecule has 4 saturated carbocycles. The molecule has 0 amide bonds. The molecule has 4 fully saturated rings. The number of carbonyl (C=O) groups excluding carboxylic acids is 1. The van der Waals surface area contributed by atoms with Crippen molar-refractivity contribution in [3.8, 4) is 0 Å². The van der Waals surface area contributed by atoms with Crippen molar-refractivity contribution in [1.29, 1.82) is 0 Å². The molecule has 4 bridgehead atoms. The van der Waals surface area contributed by atoms with Gasteiger partial charge >= 0.3 is 12.1 Å². The first kappa shape index (κ1) is 30.6. The van der Waals surface area contributed by atoms with E-state index in [9.17, 15) is 30.9 Å². The molecule has 3 aromatic rings. The Bertz CT molecular complexity index is 1320. The molecule has 1 unspecified atom stereocenters. The third-order valence-corrected chi connectivity index (χ3v) is 11.8. The molecule has 0 saturated heterocycles. The summed E-state index contributed by atoms with van der Waals surface area (Å²) in [6.45, 7) is -1.45. The molecule has 3 aromatic carbocycles. The maximum atomic E-state index is 12.7. The van der Waals surface area contributed by atoms with E-state index < -0.39 is 39.5 Å². The van der Waals surface area contributed by atoms with E-state index in [1.807, 2.05) is 0 Å². The van der Waals surface area contributed by atoms with Gasteiger partial charge in [0.2, 0.25) is 0 Å². The first-order valence-electron chi connectivity index (χ1n) is 14.0. The van der Waals surface area contributed by atoms with Crippen LogP contribution >= 0.6 is 0 Å². The van der Waals surface area contributed by atoms with Crippen molar-refractivity contribution in [3.05, 3.63) is 91.0 Å². The van der Waals surface area contributed by atoms with Crippen molar-refractivity contribution in [3.63, 3.8) is 0 Å². The zero-order valence-electron chi connectivity index (χ0n) is 22.9. The first-order valence-corrected chi connectivity index (χ1v) is 16.7. The maximum Gasteiger partial charge on any atom is 0.407 e. The summed E-state index contributed by atoms with van der Waals surface area (Å²) in [5.74, 6) is 0.427. The average Bonchev–Trinajstić information content (AvgIpc) is 2.93. The van der Waals surface area contributed by atoms with Crippen molar-refractivity contribution in [2.24, 2.45) is 23.2 Å². The minimum atomic E-state index is -5.63. The van der Waals surface area contributed by atoms with Crippen LogP contribution < -0.4 is 0 Å². The molecule has 1 atom stereocenters. The summed E-state index contributed by atoms with van der Waals surface area (Å²) in [5, 5.41) is -3.20. The largest absolute Gasteiger partial charge is 0.747 e. The van der Waals surface area contributed by atoms with Crippen LogP contribution in [0.1, 0.15) is 38.5 Å². The van der Waals surface area contributed by atoms with Crippen molar-refractivity contribution >= 4 is 27.0 Å². The van der Waals surface area contributed by atoms with Crippen molar-refractivity contribution in [2.45, 2.75) is 64.6 Å². The second-order valence-electron chi connectivity index (χ2n) is 11.6. The monoisotopic (exact) mass is 618 g/mol. The van der Waals surface area contributed by atoms with E-state index >= 15 is 0 Å². The van der Waals surface area contributed by atoms with Crippen molar-refractivity contribution in [1.82, 2.24) is 0 Å². The van der Waals surface area contributed by atoms with Gasteiger partial charge in [0.25, 0.3) is 0 Å². The number of carbonyl (C=O) groups is 1. The molecule has 42 heavy (non-hydrogen) atoms. The Labute approximate surface area is 247 Å². The zero-order chi connectivity index (χ0) is 30.0. The van der Waals surface area contributed by atoms with Crippen LogP contribution in [0.3, 0.4) is 0 Å². The molecule has 4 aliphatic carbocycles. The second kappa shape index (κ2) is 12.4. The predicted molar refractivity (Wildman–Crippen MR) is 153 cm³/mol. The van der Waals surface area contributed by atoms with Crippen molar-refractivity contribution < 1.29 is 35.7 Å². The Morgan fingerprint density at radius 1 is 0.786 bits per heavy atom. The van der Waals surface area contributed by atoms with Crippen LogP contribution in [-0.2, 0) is 30.5 Å². The fraction of sp³-hybridized carbons (Fsp3) is 0.406. The fourth-order valence-electron chi connectivity index (χ4n) is 7.08. The van der Waals surface area contributed by atoms with Gasteiger partial charge in [-0.05, 0) is 92.7 Å². The second-order valence-corrected chi connectivity index (χ2v) is 15.1. The molecule has 7 rings (SSSR count). The standard InChI is InChI=1S/C18H15S.C14H19F3O5S/c1-4-10-16(11-5-1)19(17-12-6-2-7-13-17)18-14-8-3-9-15-18;15-14(16,17)11(23(19,20)21)7-22-12(18)13-4-8-1-9(5-13)3-10(2-8)6-13/h1-15H;8-11H,1-7H2,(H,19,20,21)/q+1;/p-1. The van der Waals surface area contributed by atoms with E-state index in [4.69, 9.17) is 4.74 Å². The summed E-state index contributed by atoms with van der Waals surface area (Å²) in [6.07, 6.45) is -0.315. The van der Waals surface area contributed by atoms with Gasteiger partial charge < -0.3 is 9.29 Å². The molecule has 0 aliphatic heterocycles. The van der Waals surface area contributed by atoms with E-state index in [0.717, 1.165) is 19.3 Å². The lowest BCUT2D eigenvalue weighted by Gasteiger charge is -2.55. The Morgan fingerprint density at radius 3 is 1.45 bits per heavy atom. The predicted octanol–water partition coefficient (Wildman–Crippen LogP) is 7.00. The number of hydrogen-bond acceptors (Lipinski definition) is 5. The van der Waals surface area contributed by atoms with E-state index in [2.05, 4.69) is 91.0 Å². The van der Waals surface area contributed by atoms with Crippen LogP contribution in [0.25, 0.3) is 0 Å². The van der Waals surface area contributed by atoms with Gasteiger partial charge in [-0.3, -0.25) is 4.79 Å². The highest BCUT2D eigenvalue weighted by atomic mass is 32.2. The van der Waals surface area contributed by atoms with Crippen LogP contribution in [0, 0.1) is 23.2 Å². The van der Waals surface area contributed by atoms with Crippen LogP contribution in [0.4, 0.5) is 13.2 Å². The molecule has 0 spiro atoms. The normalized spacial score (nSPS) is 25.4. The van der Waals surface area contributed by atoms with E-state index in [0.29, 0.717) is 37.0 Å². The lowest BCUT2D eigenvalue weighted by Crippen LogP contribution is -2.51. The first-order chi connectivity index (χ1) is 19.9. The average molecular weight is 619 g/mol. The van der Waals surface area contributed by atoms with Gasteiger partial charge in [-0.1, -0.05) is 54.6 Å². The highest BCUT2D eigenvalue weighted by molar-refractivity contribution is 7.97. The molecule has 10 heteroatoms. The highest BCUT2D eigenvalue weighted by Gasteiger charge is 2.56. The molecule has 5 nitrogen and oxygen atoms in total. The van der Waals surface area contributed by atoms with Gasteiger partial charge in [-0.15, -0.1) is 0 Å². The summed E-state index contributed by atoms with van der Waals surface area (Å²) in [4.78, 5) is 16.5. The summed E-state index contributed by atoms with van der Waals surface area (Å²) in [5.41, 5.74) is -0.780. The SMILES string of the molecule is O=C(OCC(C(F)(F)F)S(=O)(=O)[O-])C12CC3CC(CC(C3)C1)C2.c1ccc([S+](c2ccccc2)c2ccccc2)cc1. The number of esters is 1. The fourth-order valence-corrected chi connectivity index (χ4v) is 9.75. The molecule has 0 heterocycles. The zero-order valence-corrected chi connectivity index (χ0v) is 24.5. The molecule has 0 N–H and O–H groups in total. The van der Waals surface area contributed by atoms with Gasteiger partial charge in [-0.2, -0.15) is 13.2 Å². The Kier molecular flexibility index (Phi) is 9.06. The van der Waals surface area contributed by atoms with Crippen LogP contribution in [0.15, 0.2) is 106 Å². The molecular weight excluding hydrogens is 585 g/mol. The van der Waals surface area contributed by atoms with Crippen LogP contribution in [0.2, 0.25) is 0 Å². The Hall–Kier alpha value is -2.82. The molecular formula is C32H33F3O5S2. The maximum absolute atomic E-state index is 12.7. The van der Waals surface area contributed by atoms with Crippen LogP contribution in [-0.4, -0.2) is 37.0 Å². The molecule has 0 radical (unpaired) electrons. The highest BCUT2D eigenvalue weighted by Crippen LogP contribution is 2.60. The van der Waals surface area contributed by atoms with Crippen LogP contribution in [0.5, 0.6) is 0 Å². The third kappa shape index (κ3) is 7.03. The smallest absolute Gasteiger partial charge is 0.407 e. The minimum Gasteiger partial charge on any atom is -0.747 e. The van der Waals surface area contributed by atoms with E-state index in [-0.39, 0.29) is 10.9 Å². The van der Waals surface area contributed by atoms with Crippen molar-refractivity contribution in [2.75, 3.05) is 6.61 Å². The number of benzene rings is 3. The number of rotatable bonds is 7. The summed E-state index contributed by atoms with van der Waals surface area (Å²) >= 11 is 0. The summed E-state index contributed by atoms with van der Waals surface area (Å²) < 4.78 is 75.0. The lowest BCUT2D eigenvalue weighted by atomic mass is 9.49. The Balaban J connectivity index is 0.000000171. The lowest BCUT2D eigenvalue weighted by molar-refractivity contribution is -0.178. The van der Waals surface area contributed by atoms with E-state index in [1.165, 1.54) is 14.7 Å². The minimum absolute atomic E-state index is 0.0146. The van der Waals surface area contributed by atoms with Gasteiger partial charge in [0.15, 0.2) is 19.9 Å². The molecule has 4 aliphatic rings. The molecule has 0 aromatic heterocycles. The summed E-state index contributed by atoms with van der Waals surface area (Å²) in [7, 11) is -5.64. The Morgan fingerprint density at radius 2 is 1.14 bits per heavy atom. The number of halogens is 3. The number of ether oxygens (including phenoxy) is 1. The number of hydrogen-bond donors (Lipinski definition) is 0. The van der Waals surface area contributed by atoms with Gasteiger partial charge in [0, 0.05) is 0 Å². The summed E-state index contributed by atoms with van der Waals surface area (Å²) in [6, 6.07) is 32.2. The third-order valence-electron chi connectivity index (χ3n) is 8.49. The van der Waals surface area contributed by atoms with Gasteiger partial charge in [0.1, 0.15) is 16.7 Å². The molecule has 224 valence electrons. The van der Waals surface area contributed by atoms with E-state index in [1.54, 1.807) is 0 Å². The number of alkyl halides is 3. The van der Waals surface area contributed by atoms with Gasteiger partial charge in [-0.25, -0.2) is 8.42 Å². The quantitative estimate of drug-likeness (QED) is 0.162. The topological polar surface area (TPSA) is 83.5 Å². The van der Waals surface area contributed by atoms with Gasteiger partial charge in [0.05, 0.1) is 16.3 Å².